The predicted octanol–water partition coefficient (Wildman–Crippen LogP) is 3.06. The molecule has 0 aliphatic heterocycles. The summed E-state index contributed by atoms with van der Waals surface area (Å²) in [5.41, 5.74) is 4.66. The highest BCUT2D eigenvalue weighted by atomic mass is 28.2. The quantitative estimate of drug-likeness (QED) is 0.381. The van der Waals surface area contributed by atoms with E-state index in [9.17, 15) is 0 Å². The third kappa shape index (κ3) is 1.10. The van der Waals surface area contributed by atoms with Crippen LogP contribution in [0, 0.1) is 0 Å². The Morgan fingerprint density at radius 1 is 0.714 bits per heavy atom. The van der Waals surface area contributed by atoms with Crippen molar-refractivity contribution in [2.45, 2.75) is 0 Å². The van der Waals surface area contributed by atoms with E-state index in [2.05, 4.69) is 53.8 Å². The van der Waals surface area contributed by atoms with Crippen LogP contribution in [-0.4, -0.2) is 9.12 Å². The first-order valence-corrected chi connectivity index (χ1v) is 6.15. The minimum Gasteiger partial charge on any atom is -0.0799 e. The van der Waals surface area contributed by atoms with E-state index < -0.39 is 0 Å². The molecular weight excluding hydrogens is 184 g/mol. The summed E-state index contributed by atoms with van der Waals surface area (Å²) >= 11 is 0. The average molecular weight is 194 g/mol. The lowest BCUT2D eigenvalue weighted by Gasteiger charge is -2.02. The van der Waals surface area contributed by atoms with Gasteiger partial charge in [-0.2, -0.15) is 0 Å². The van der Waals surface area contributed by atoms with Gasteiger partial charge in [-0.25, -0.2) is 0 Å². The second-order valence-electron chi connectivity index (χ2n) is 3.51. The standard InChI is InChI=1S/C13H10Si/c1-2-4-12-10(3-1)5-6-11-9-14-8-7-13(11)12/h1-9,14H. The molecule has 1 heterocycles. The van der Waals surface area contributed by atoms with E-state index in [0.717, 1.165) is 0 Å². The summed E-state index contributed by atoms with van der Waals surface area (Å²) in [6.07, 6.45) is 0. The molecule has 0 radical (unpaired) electrons. The average Bonchev–Trinajstić information content (AvgIpc) is 2.29. The molecule has 0 aliphatic rings. The number of fused-ring (bicyclic) bond motifs is 3. The molecule has 3 rings (SSSR count). The Morgan fingerprint density at radius 3 is 2.50 bits per heavy atom. The van der Waals surface area contributed by atoms with E-state index in [1.54, 1.807) is 0 Å². The number of benzene rings is 2. The van der Waals surface area contributed by atoms with E-state index >= 15 is 0 Å². The summed E-state index contributed by atoms with van der Waals surface area (Å²) in [7, 11) is 0.381. The first-order valence-electron chi connectivity index (χ1n) is 4.82. The zero-order valence-corrected chi connectivity index (χ0v) is 8.93. The van der Waals surface area contributed by atoms with Gasteiger partial charge < -0.3 is 0 Å². The number of hydrogen-bond acceptors (Lipinski definition) is 0. The summed E-state index contributed by atoms with van der Waals surface area (Å²) in [6.45, 7) is 0. The van der Waals surface area contributed by atoms with Crippen LogP contribution in [0.1, 0.15) is 0 Å². The fraction of sp³-hybridized carbons (Fsp3) is 0. The van der Waals surface area contributed by atoms with Gasteiger partial charge in [0.15, 0.2) is 0 Å². The molecule has 0 aliphatic carbocycles. The van der Waals surface area contributed by atoms with Crippen molar-refractivity contribution in [1.82, 2.24) is 0 Å². The van der Waals surface area contributed by atoms with Crippen LogP contribution in [0.3, 0.4) is 0 Å². The normalized spacial score (nSPS) is 10.9. The van der Waals surface area contributed by atoms with Crippen LogP contribution in [0.25, 0.3) is 21.5 Å². The van der Waals surface area contributed by atoms with Crippen LogP contribution in [0.2, 0.25) is 0 Å². The number of rotatable bonds is 0. The van der Waals surface area contributed by atoms with Gasteiger partial charge in [-0.3, -0.25) is 0 Å². The van der Waals surface area contributed by atoms with Crippen LogP contribution in [0.5, 0.6) is 0 Å². The smallest absolute Gasteiger partial charge is 0.0206 e. The molecule has 14 heavy (non-hydrogen) atoms. The van der Waals surface area contributed by atoms with Crippen LogP contribution in [0.15, 0.2) is 53.8 Å². The molecule has 0 amide bonds. The summed E-state index contributed by atoms with van der Waals surface area (Å²) < 4.78 is 0. The molecule has 2 aromatic carbocycles. The lowest BCUT2D eigenvalue weighted by molar-refractivity contribution is 1.80. The Bertz CT molecular complexity index is 544. The van der Waals surface area contributed by atoms with Crippen LogP contribution in [0.4, 0.5) is 0 Å². The summed E-state index contributed by atoms with van der Waals surface area (Å²) in [6, 6.07) is 15.3. The summed E-state index contributed by atoms with van der Waals surface area (Å²) in [5.74, 6) is 0. The van der Waals surface area contributed by atoms with Crippen molar-refractivity contribution in [3.8, 4) is 0 Å². The Kier molecular flexibility index (Phi) is 1.71. The highest BCUT2D eigenvalue weighted by molar-refractivity contribution is 6.31. The monoisotopic (exact) mass is 194 g/mol. The van der Waals surface area contributed by atoms with Crippen LogP contribution >= 0.6 is 0 Å². The molecule has 3 aromatic rings. The zero-order chi connectivity index (χ0) is 9.38. The van der Waals surface area contributed by atoms with Crippen molar-refractivity contribution >= 4 is 30.7 Å². The molecule has 0 saturated heterocycles. The largest absolute Gasteiger partial charge is 0.0799 e. The van der Waals surface area contributed by atoms with E-state index in [1.165, 1.54) is 21.5 Å². The van der Waals surface area contributed by atoms with Gasteiger partial charge in [-0.15, -0.1) is 0 Å². The maximum atomic E-state index is 2.36. The van der Waals surface area contributed by atoms with E-state index in [4.69, 9.17) is 0 Å². The zero-order valence-electron chi connectivity index (χ0n) is 7.77. The maximum Gasteiger partial charge on any atom is 0.0206 e. The summed E-state index contributed by atoms with van der Waals surface area (Å²) in [5, 5.41) is 5.50. The van der Waals surface area contributed by atoms with E-state index in [0.29, 0.717) is 9.12 Å². The van der Waals surface area contributed by atoms with Gasteiger partial charge in [-0.05, 0) is 21.5 Å². The third-order valence-corrected chi connectivity index (χ3v) is 3.62. The van der Waals surface area contributed by atoms with Crippen LogP contribution in [-0.2, 0) is 0 Å². The van der Waals surface area contributed by atoms with E-state index in [-0.39, 0.29) is 0 Å². The van der Waals surface area contributed by atoms with Crippen molar-refractivity contribution < 1.29 is 0 Å². The molecule has 0 bridgehead atoms. The fourth-order valence-corrected chi connectivity index (χ4v) is 2.87. The van der Waals surface area contributed by atoms with Crippen LogP contribution < -0.4 is 0 Å². The van der Waals surface area contributed by atoms with Gasteiger partial charge in [-0.1, -0.05) is 53.8 Å². The first-order chi connectivity index (χ1) is 6.95. The molecule has 1 heteroatoms. The van der Waals surface area contributed by atoms with Gasteiger partial charge >= 0.3 is 0 Å². The lowest BCUT2D eigenvalue weighted by Crippen LogP contribution is -1.78. The first kappa shape index (κ1) is 7.89. The van der Waals surface area contributed by atoms with Crippen molar-refractivity contribution in [2.24, 2.45) is 0 Å². The summed E-state index contributed by atoms with van der Waals surface area (Å²) in [4.78, 5) is 0. The maximum absolute atomic E-state index is 2.36. The molecule has 1 aromatic heterocycles. The lowest BCUT2D eigenvalue weighted by atomic mass is 10.1. The topological polar surface area (TPSA) is 0 Å². The molecule has 0 nitrogen and oxygen atoms in total. The highest BCUT2D eigenvalue weighted by Gasteiger charge is 1.97. The van der Waals surface area contributed by atoms with Gasteiger partial charge in [0, 0.05) is 9.12 Å². The van der Waals surface area contributed by atoms with Crippen molar-refractivity contribution in [3.05, 3.63) is 53.8 Å². The second-order valence-corrected chi connectivity index (χ2v) is 4.61. The fourth-order valence-electron chi connectivity index (χ4n) is 1.95. The molecule has 0 fully saturated rings. The minimum atomic E-state index is 0.381. The van der Waals surface area contributed by atoms with E-state index in [1.807, 2.05) is 0 Å². The predicted molar refractivity (Wildman–Crippen MR) is 64.2 cm³/mol. The molecule has 66 valence electrons. The Morgan fingerprint density at radius 2 is 1.50 bits per heavy atom. The molecule has 0 N–H and O–H groups in total. The highest BCUT2D eigenvalue weighted by Crippen LogP contribution is 2.23. The molecule has 0 atom stereocenters. The third-order valence-electron chi connectivity index (χ3n) is 2.65. The minimum absolute atomic E-state index is 0.381. The second kappa shape index (κ2) is 3.03. The van der Waals surface area contributed by atoms with Crippen molar-refractivity contribution in [3.63, 3.8) is 0 Å². The van der Waals surface area contributed by atoms with Crippen molar-refractivity contribution in [2.75, 3.05) is 0 Å². The van der Waals surface area contributed by atoms with Gasteiger partial charge in [0.05, 0.1) is 0 Å². The molecular formula is C13H10Si. The Balaban J connectivity index is 2.61. The molecule has 0 saturated carbocycles. The molecule has 0 unspecified atom stereocenters. The van der Waals surface area contributed by atoms with Crippen molar-refractivity contribution in [1.29, 1.82) is 0 Å². The van der Waals surface area contributed by atoms with Gasteiger partial charge in [0.25, 0.3) is 0 Å². The van der Waals surface area contributed by atoms with Gasteiger partial charge in [0.2, 0.25) is 0 Å². The number of hydrogen-bond donors (Lipinski definition) is 0. The SMILES string of the molecule is c1ccc2c(c1)ccc1c[siH]ccc12. The Hall–Kier alpha value is -1.47. The Labute approximate surface area is 84.9 Å². The molecule has 0 spiro atoms. The van der Waals surface area contributed by atoms with Gasteiger partial charge in [0.1, 0.15) is 0 Å².